The highest BCUT2D eigenvalue weighted by Crippen LogP contribution is 2.12. The van der Waals surface area contributed by atoms with Gasteiger partial charge in [0.05, 0.1) is 30.2 Å². The van der Waals surface area contributed by atoms with Gasteiger partial charge >= 0.3 is 0 Å². The summed E-state index contributed by atoms with van der Waals surface area (Å²) in [6, 6.07) is 3.35. The Bertz CT molecular complexity index is 496. The summed E-state index contributed by atoms with van der Waals surface area (Å²) in [5.41, 5.74) is 1.23. The van der Waals surface area contributed by atoms with E-state index in [0.717, 1.165) is 0 Å². The van der Waals surface area contributed by atoms with Crippen molar-refractivity contribution >= 4 is 11.6 Å². The van der Waals surface area contributed by atoms with Crippen LogP contribution in [0.5, 0.6) is 0 Å². The van der Waals surface area contributed by atoms with Gasteiger partial charge in [-0.2, -0.15) is 0 Å². The van der Waals surface area contributed by atoms with Crippen LogP contribution in [0.2, 0.25) is 0 Å². The third-order valence-corrected chi connectivity index (χ3v) is 2.25. The molecule has 2 heterocycles. The summed E-state index contributed by atoms with van der Waals surface area (Å²) in [7, 11) is 1.74. The Morgan fingerprint density at radius 2 is 2.29 bits per heavy atom. The summed E-state index contributed by atoms with van der Waals surface area (Å²) in [5.74, 6) is 0.423. The van der Waals surface area contributed by atoms with Crippen LogP contribution in [-0.2, 0) is 6.54 Å². The number of anilines is 1. The van der Waals surface area contributed by atoms with Crippen molar-refractivity contribution in [2.75, 3.05) is 12.4 Å². The number of carbonyl (C=O) groups is 1. The summed E-state index contributed by atoms with van der Waals surface area (Å²) in [6.45, 7) is 0.310. The van der Waals surface area contributed by atoms with E-state index in [4.69, 9.17) is 4.52 Å². The predicted molar refractivity (Wildman–Crippen MR) is 61.5 cm³/mol. The van der Waals surface area contributed by atoms with Crippen molar-refractivity contribution in [3.8, 4) is 0 Å². The zero-order valence-corrected chi connectivity index (χ0v) is 9.30. The first kappa shape index (κ1) is 11.1. The largest absolute Gasteiger partial charge is 0.386 e. The molecule has 2 aromatic rings. The maximum Gasteiger partial charge on any atom is 0.253 e. The molecule has 17 heavy (non-hydrogen) atoms. The van der Waals surface area contributed by atoms with Crippen LogP contribution < -0.4 is 10.6 Å². The van der Waals surface area contributed by atoms with Crippen molar-refractivity contribution in [1.29, 1.82) is 0 Å². The number of nitrogens with zero attached hydrogens (tertiary/aromatic N) is 2. The van der Waals surface area contributed by atoms with E-state index in [1.807, 2.05) is 0 Å². The van der Waals surface area contributed by atoms with Crippen LogP contribution in [0.15, 0.2) is 35.2 Å². The topological polar surface area (TPSA) is 80.0 Å². The maximum absolute atomic E-state index is 11.9. The fourth-order valence-corrected chi connectivity index (χ4v) is 1.39. The molecular formula is C11H12N4O2. The molecule has 0 aliphatic rings. The number of pyridine rings is 1. The third kappa shape index (κ3) is 2.60. The summed E-state index contributed by atoms with van der Waals surface area (Å²) in [5, 5.41) is 9.20. The number of hydrogen-bond donors (Lipinski definition) is 2. The summed E-state index contributed by atoms with van der Waals surface area (Å²) in [4.78, 5) is 15.8. The van der Waals surface area contributed by atoms with E-state index in [1.54, 1.807) is 31.6 Å². The average molecular weight is 232 g/mol. The maximum atomic E-state index is 11.9. The third-order valence-electron chi connectivity index (χ3n) is 2.25. The second kappa shape index (κ2) is 5.11. The second-order valence-corrected chi connectivity index (χ2v) is 3.33. The number of amides is 1. The molecule has 0 aromatic carbocycles. The fourth-order valence-electron chi connectivity index (χ4n) is 1.39. The number of aromatic nitrogens is 2. The zero-order chi connectivity index (χ0) is 12.1. The van der Waals surface area contributed by atoms with Crippen molar-refractivity contribution in [2.24, 2.45) is 0 Å². The minimum absolute atomic E-state index is 0.187. The van der Waals surface area contributed by atoms with Gasteiger partial charge in [0.1, 0.15) is 0 Å². The van der Waals surface area contributed by atoms with Crippen LogP contribution in [0.3, 0.4) is 0 Å². The quantitative estimate of drug-likeness (QED) is 0.823. The van der Waals surface area contributed by atoms with Crippen LogP contribution >= 0.6 is 0 Å². The van der Waals surface area contributed by atoms with E-state index in [-0.39, 0.29) is 5.91 Å². The molecule has 6 nitrogen and oxygen atoms in total. The highest BCUT2D eigenvalue weighted by molar-refractivity contribution is 5.99. The van der Waals surface area contributed by atoms with Gasteiger partial charge in [-0.15, -0.1) is 0 Å². The van der Waals surface area contributed by atoms with Gasteiger partial charge in [0.2, 0.25) is 0 Å². The zero-order valence-electron chi connectivity index (χ0n) is 9.30. The monoisotopic (exact) mass is 232 g/mol. The van der Waals surface area contributed by atoms with E-state index in [2.05, 4.69) is 20.8 Å². The van der Waals surface area contributed by atoms with Gasteiger partial charge in [-0.3, -0.25) is 9.78 Å². The molecule has 2 rings (SSSR count). The normalized spacial score (nSPS) is 9.94. The Balaban J connectivity index is 2.04. The van der Waals surface area contributed by atoms with E-state index < -0.39 is 0 Å². The summed E-state index contributed by atoms with van der Waals surface area (Å²) < 4.78 is 4.88. The number of hydrogen-bond acceptors (Lipinski definition) is 5. The van der Waals surface area contributed by atoms with Gasteiger partial charge in [-0.05, 0) is 6.07 Å². The highest BCUT2D eigenvalue weighted by Gasteiger charge is 2.10. The first-order valence-corrected chi connectivity index (χ1v) is 5.11. The molecule has 0 bridgehead atoms. The van der Waals surface area contributed by atoms with Crippen LogP contribution in [0.1, 0.15) is 16.1 Å². The van der Waals surface area contributed by atoms with Crippen LogP contribution in [0, 0.1) is 0 Å². The molecule has 0 saturated carbocycles. The molecule has 0 atom stereocenters. The molecule has 0 unspecified atom stereocenters. The van der Waals surface area contributed by atoms with Crippen molar-refractivity contribution in [2.45, 2.75) is 6.54 Å². The Morgan fingerprint density at radius 1 is 1.41 bits per heavy atom. The van der Waals surface area contributed by atoms with Crippen molar-refractivity contribution in [3.05, 3.63) is 42.0 Å². The van der Waals surface area contributed by atoms with Crippen LogP contribution in [0.4, 0.5) is 5.69 Å². The molecule has 0 saturated heterocycles. The van der Waals surface area contributed by atoms with Crippen LogP contribution in [-0.4, -0.2) is 23.1 Å². The Hall–Kier alpha value is -2.37. The van der Waals surface area contributed by atoms with Crippen molar-refractivity contribution in [1.82, 2.24) is 15.5 Å². The fraction of sp³-hybridized carbons (Fsp3) is 0.182. The smallest absolute Gasteiger partial charge is 0.253 e. The molecule has 0 aliphatic carbocycles. The molecule has 88 valence electrons. The molecule has 1 amide bonds. The summed E-state index contributed by atoms with van der Waals surface area (Å²) in [6.07, 6.45) is 4.71. The molecule has 2 N–H and O–H groups in total. The van der Waals surface area contributed by atoms with Gasteiger partial charge in [0.25, 0.3) is 5.91 Å². The van der Waals surface area contributed by atoms with Gasteiger partial charge in [-0.1, -0.05) is 5.16 Å². The number of carbonyl (C=O) groups excluding carboxylic acids is 1. The molecule has 0 aliphatic heterocycles. The van der Waals surface area contributed by atoms with Gasteiger partial charge in [-0.25, -0.2) is 0 Å². The van der Waals surface area contributed by atoms with E-state index in [9.17, 15) is 4.79 Å². The second-order valence-electron chi connectivity index (χ2n) is 3.33. The lowest BCUT2D eigenvalue weighted by Gasteiger charge is -2.07. The highest BCUT2D eigenvalue weighted by atomic mass is 16.5. The van der Waals surface area contributed by atoms with Gasteiger partial charge in [0, 0.05) is 19.3 Å². The van der Waals surface area contributed by atoms with E-state index in [0.29, 0.717) is 23.6 Å². The molecule has 0 spiro atoms. The first-order valence-electron chi connectivity index (χ1n) is 5.11. The Labute approximate surface area is 98.0 Å². The van der Waals surface area contributed by atoms with Crippen LogP contribution in [0.25, 0.3) is 0 Å². The summed E-state index contributed by atoms with van der Waals surface area (Å²) >= 11 is 0. The lowest BCUT2D eigenvalue weighted by atomic mass is 10.2. The lowest BCUT2D eigenvalue weighted by Crippen LogP contribution is -2.23. The van der Waals surface area contributed by atoms with Crippen molar-refractivity contribution < 1.29 is 9.32 Å². The minimum atomic E-state index is -0.187. The average Bonchev–Trinajstić information content (AvgIpc) is 2.89. The standard InChI is InChI=1S/C11H12N4O2/c1-12-10-7-13-4-3-9(10)11(16)14-6-8-2-5-15-17-8/h2-5,7,12H,6H2,1H3,(H,14,16). The van der Waals surface area contributed by atoms with E-state index in [1.165, 1.54) is 6.20 Å². The lowest BCUT2D eigenvalue weighted by molar-refractivity contribution is 0.0948. The van der Waals surface area contributed by atoms with Crippen molar-refractivity contribution in [3.63, 3.8) is 0 Å². The molecule has 6 heteroatoms. The number of rotatable bonds is 4. The first-order chi connectivity index (χ1) is 8.31. The molecule has 2 aromatic heterocycles. The predicted octanol–water partition coefficient (Wildman–Crippen LogP) is 1.04. The van der Waals surface area contributed by atoms with E-state index >= 15 is 0 Å². The molecular weight excluding hydrogens is 220 g/mol. The molecule has 0 radical (unpaired) electrons. The SMILES string of the molecule is CNc1cnccc1C(=O)NCc1ccno1. The van der Waals surface area contributed by atoms with Gasteiger partial charge in [0.15, 0.2) is 5.76 Å². The minimum Gasteiger partial charge on any atom is -0.386 e. The Kier molecular flexibility index (Phi) is 3.34. The Morgan fingerprint density at radius 3 is 3.00 bits per heavy atom. The molecule has 0 fully saturated rings. The van der Waals surface area contributed by atoms with Gasteiger partial charge < -0.3 is 15.2 Å². The number of nitrogens with one attached hydrogen (secondary N) is 2.